The summed E-state index contributed by atoms with van der Waals surface area (Å²) in [5, 5.41) is 7.43. The lowest BCUT2D eigenvalue weighted by atomic mass is 9.87. The molecule has 1 aromatic rings. The van der Waals surface area contributed by atoms with Crippen molar-refractivity contribution >= 4 is 5.78 Å². The number of ketones is 1. The SMILES string of the molecule is Cn1cc(C(=O)C(C)(C)CN)nn1. The third-order valence-electron chi connectivity index (χ3n) is 1.96. The van der Waals surface area contributed by atoms with Crippen LogP contribution < -0.4 is 5.73 Å². The first-order chi connectivity index (χ1) is 5.97. The highest BCUT2D eigenvalue weighted by Crippen LogP contribution is 2.18. The first-order valence-electron chi connectivity index (χ1n) is 4.08. The van der Waals surface area contributed by atoms with E-state index in [9.17, 15) is 4.79 Å². The summed E-state index contributed by atoms with van der Waals surface area (Å²) in [4.78, 5) is 11.7. The summed E-state index contributed by atoms with van der Waals surface area (Å²) >= 11 is 0. The van der Waals surface area contributed by atoms with E-state index in [4.69, 9.17) is 5.73 Å². The summed E-state index contributed by atoms with van der Waals surface area (Å²) in [6, 6.07) is 0. The van der Waals surface area contributed by atoms with Gasteiger partial charge in [-0.25, -0.2) is 0 Å². The van der Waals surface area contributed by atoms with Gasteiger partial charge in [0.1, 0.15) is 5.69 Å². The largest absolute Gasteiger partial charge is 0.329 e. The van der Waals surface area contributed by atoms with E-state index < -0.39 is 5.41 Å². The third kappa shape index (κ3) is 1.92. The molecule has 5 heteroatoms. The molecule has 0 aliphatic heterocycles. The molecular weight excluding hydrogens is 168 g/mol. The van der Waals surface area contributed by atoms with Crippen molar-refractivity contribution < 1.29 is 4.79 Å². The van der Waals surface area contributed by atoms with Gasteiger partial charge in [-0.2, -0.15) is 0 Å². The van der Waals surface area contributed by atoms with Gasteiger partial charge in [-0.3, -0.25) is 9.48 Å². The minimum Gasteiger partial charge on any atom is -0.329 e. The highest BCUT2D eigenvalue weighted by atomic mass is 16.1. The highest BCUT2D eigenvalue weighted by Gasteiger charge is 2.28. The van der Waals surface area contributed by atoms with Crippen LogP contribution >= 0.6 is 0 Å². The van der Waals surface area contributed by atoms with Crippen LogP contribution in [0.2, 0.25) is 0 Å². The number of rotatable bonds is 3. The molecule has 0 aliphatic rings. The maximum Gasteiger partial charge on any atom is 0.191 e. The Morgan fingerprint density at radius 3 is 2.69 bits per heavy atom. The van der Waals surface area contributed by atoms with E-state index in [0.717, 1.165) is 0 Å². The van der Waals surface area contributed by atoms with Crippen LogP contribution in [0.4, 0.5) is 0 Å². The molecule has 0 saturated carbocycles. The number of aromatic nitrogens is 3. The molecule has 0 unspecified atom stereocenters. The van der Waals surface area contributed by atoms with Crippen molar-refractivity contribution in [3.05, 3.63) is 11.9 Å². The van der Waals surface area contributed by atoms with E-state index in [1.165, 1.54) is 4.68 Å². The van der Waals surface area contributed by atoms with Gasteiger partial charge in [0.2, 0.25) is 0 Å². The number of nitrogens with zero attached hydrogens (tertiary/aromatic N) is 3. The van der Waals surface area contributed by atoms with Crippen molar-refractivity contribution in [2.24, 2.45) is 18.2 Å². The van der Waals surface area contributed by atoms with Gasteiger partial charge in [-0.05, 0) is 0 Å². The molecule has 5 nitrogen and oxygen atoms in total. The number of nitrogens with two attached hydrogens (primary N) is 1. The fourth-order valence-electron chi connectivity index (χ4n) is 0.891. The molecule has 0 bridgehead atoms. The van der Waals surface area contributed by atoms with Gasteiger partial charge in [-0.1, -0.05) is 19.1 Å². The zero-order chi connectivity index (χ0) is 10.1. The quantitative estimate of drug-likeness (QED) is 0.667. The molecule has 1 aromatic heterocycles. The van der Waals surface area contributed by atoms with Crippen molar-refractivity contribution in [3.8, 4) is 0 Å². The van der Waals surface area contributed by atoms with Crippen LogP contribution in [-0.2, 0) is 7.05 Å². The summed E-state index contributed by atoms with van der Waals surface area (Å²) in [7, 11) is 1.72. The van der Waals surface area contributed by atoms with Crippen molar-refractivity contribution in [1.29, 1.82) is 0 Å². The van der Waals surface area contributed by atoms with E-state index in [1.54, 1.807) is 27.1 Å². The van der Waals surface area contributed by atoms with Crippen LogP contribution in [0.3, 0.4) is 0 Å². The Labute approximate surface area is 76.9 Å². The van der Waals surface area contributed by atoms with Crippen molar-refractivity contribution in [2.45, 2.75) is 13.8 Å². The molecular formula is C8H14N4O. The van der Waals surface area contributed by atoms with Gasteiger partial charge >= 0.3 is 0 Å². The van der Waals surface area contributed by atoms with E-state index in [2.05, 4.69) is 10.3 Å². The lowest BCUT2D eigenvalue weighted by Gasteiger charge is -2.18. The Morgan fingerprint density at radius 1 is 1.69 bits per heavy atom. The standard InChI is InChI=1S/C8H14N4O/c1-8(2,5-9)7(13)6-4-12(3)11-10-6/h4H,5,9H2,1-3H3. The van der Waals surface area contributed by atoms with Crippen LogP contribution in [0.5, 0.6) is 0 Å². The normalized spacial score (nSPS) is 11.7. The van der Waals surface area contributed by atoms with E-state index in [1.807, 2.05) is 0 Å². The molecule has 72 valence electrons. The lowest BCUT2D eigenvalue weighted by molar-refractivity contribution is 0.0842. The molecule has 0 atom stereocenters. The molecule has 0 spiro atoms. The molecule has 1 heterocycles. The second-order valence-electron chi connectivity index (χ2n) is 3.69. The molecule has 0 amide bonds. The minimum absolute atomic E-state index is 0.0666. The number of aryl methyl sites for hydroxylation is 1. The number of carbonyl (C=O) groups excluding carboxylic acids is 1. The third-order valence-corrected chi connectivity index (χ3v) is 1.96. The predicted octanol–water partition coefficient (Wildman–Crippen LogP) is -0.0173. The zero-order valence-electron chi connectivity index (χ0n) is 8.11. The van der Waals surface area contributed by atoms with E-state index >= 15 is 0 Å². The summed E-state index contributed by atoms with van der Waals surface area (Å²) in [6.45, 7) is 3.90. The Bertz CT molecular complexity index is 316. The van der Waals surface area contributed by atoms with E-state index in [0.29, 0.717) is 12.2 Å². The van der Waals surface area contributed by atoms with Gasteiger partial charge in [-0.15, -0.1) is 5.10 Å². The van der Waals surface area contributed by atoms with Gasteiger partial charge in [0.05, 0.1) is 6.20 Å². The van der Waals surface area contributed by atoms with Crippen LogP contribution in [0.1, 0.15) is 24.3 Å². The van der Waals surface area contributed by atoms with Crippen LogP contribution in [0.15, 0.2) is 6.20 Å². The summed E-state index contributed by atoms with van der Waals surface area (Å²) in [5.41, 5.74) is 5.29. The monoisotopic (exact) mass is 182 g/mol. The number of hydrogen-bond donors (Lipinski definition) is 1. The molecule has 0 fully saturated rings. The van der Waals surface area contributed by atoms with E-state index in [-0.39, 0.29) is 5.78 Å². The maximum absolute atomic E-state index is 11.7. The van der Waals surface area contributed by atoms with Crippen molar-refractivity contribution in [1.82, 2.24) is 15.0 Å². The van der Waals surface area contributed by atoms with Crippen LogP contribution in [0.25, 0.3) is 0 Å². The molecule has 0 aromatic carbocycles. The maximum atomic E-state index is 11.7. The van der Waals surface area contributed by atoms with Crippen molar-refractivity contribution in [2.75, 3.05) is 6.54 Å². The summed E-state index contributed by atoms with van der Waals surface area (Å²) in [6.07, 6.45) is 1.60. The molecule has 0 aliphatic carbocycles. The van der Waals surface area contributed by atoms with Crippen LogP contribution in [0, 0.1) is 5.41 Å². The Kier molecular flexibility index (Phi) is 2.47. The number of carbonyl (C=O) groups is 1. The topological polar surface area (TPSA) is 73.8 Å². The predicted molar refractivity (Wildman–Crippen MR) is 48.2 cm³/mol. The summed E-state index contributed by atoms with van der Waals surface area (Å²) < 4.78 is 1.50. The molecule has 1 rings (SSSR count). The average Bonchev–Trinajstić information content (AvgIpc) is 2.50. The van der Waals surface area contributed by atoms with Crippen LogP contribution in [-0.4, -0.2) is 27.3 Å². The molecule has 0 saturated heterocycles. The van der Waals surface area contributed by atoms with Gasteiger partial charge < -0.3 is 5.73 Å². The number of Topliss-reactive ketones (excluding diaryl/α,β-unsaturated/α-hetero) is 1. The first-order valence-corrected chi connectivity index (χ1v) is 4.08. The second-order valence-corrected chi connectivity index (χ2v) is 3.69. The van der Waals surface area contributed by atoms with Gasteiger partial charge in [0.25, 0.3) is 0 Å². The molecule has 13 heavy (non-hydrogen) atoms. The van der Waals surface area contributed by atoms with Gasteiger partial charge in [0, 0.05) is 19.0 Å². The zero-order valence-corrected chi connectivity index (χ0v) is 8.11. The minimum atomic E-state index is -0.559. The Hall–Kier alpha value is -1.23. The average molecular weight is 182 g/mol. The molecule has 0 radical (unpaired) electrons. The fraction of sp³-hybridized carbons (Fsp3) is 0.625. The number of hydrogen-bond acceptors (Lipinski definition) is 4. The fourth-order valence-corrected chi connectivity index (χ4v) is 0.891. The highest BCUT2D eigenvalue weighted by molar-refractivity contribution is 5.98. The smallest absolute Gasteiger partial charge is 0.191 e. The Balaban J connectivity index is 2.91. The molecule has 2 N–H and O–H groups in total. The van der Waals surface area contributed by atoms with Gasteiger partial charge in [0.15, 0.2) is 5.78 Å². The first kappa shape index (κ1) is 9.85. The Morgan fingerprint density at radius 2 is 2.31 bits per heavy atom. The summed E-state index contributed by atoms with van der Waals surface area (Å²) in [5.74, 6) is -0.0666. The second kappa shape index (κ2) is 3.26. The van der Waals surface area contributed by atoms with Crippen molar-refractivity contribution in [3.63, 3.8) is 0 Å². The lowest BCUT2D eigenvalue weighted by Crippen LogP contribution is -2.33.